The molecule has 0 aliphatic carbocycles. The Kier molecular flexibility index (Phi) is 3.14. The van der Waals surface area contributed by atoms with Crippen LogP contribution in [0.25, 0.3) is 0 Å². The van der Waals surface area contributed by atoms with Crippen molar-refractivity contribution in [2.45, 2.75) is 0 Å². The molecule has 0 radical (unpaired) electrons. The van der Waals surface area contributed by atoms with Crippen LogP contribution in [0.3, 0.4) is 0 Å². The zero-order chi connectivity index (χ0) is 11.5. The first-order chi connectivity index (χ1) is 7.68. The number of hydrazone groups is 1. The summed E-state index contributed by atoms with van der Waals surface area (Å²) in [4.78, 5) is 13.2. The molecule has 1 heterocycles. The monoisotopic (exact) mass is 235 g/mol. The van der Waals surface area contributed by atoms with Crippen LogP contribution < -0.4 is 0 Å². The lowest BCUT2D eigenvalue weighted by atomic mass is 10.2. The molecule has 1 aliphatic rings. The Morgan fingerprint density at radius 1 is 1.38 bits per heavy atom. The summed E-state index contributed by atoms with van der Waals surface area (Å²) in [6.45, 7) is 0. The number of rotatable bonds is 1. The molecule has 1 aromatic carbocycles. The molecule has 4 nitrogen and oxygen atoms in total. The van der Waals surface area contributed by atoms with E-state index in [4.69, 9.17) is 0 Å². The molecule has 0 unspecified atom stereocenters. The van der Waals surface area contributed by atoms with Crippen molar-refractivity contribution in [3.8, 4) is 0 Å². The maximum atomic E-state index is 11.7. The fourth-order valence-electron chi connectivity index (χ4n) is 1.34. The van der Waals surface area contributed by atoms with Gasteiger partial charge in [0, 0.05) is 19.7 Å². The van der Waals surface area contributed by atoms with Crippen LogP contribution in [0.4, 0.5) is 4.79 Å². The molecule has 0 saturated carbocycles. The largest absolute Gasteiger partial charge is 0.340 e. The molecule has 16 heavy (non-hydrogen) atoms. The highest BCUT2D eigenvalue weighted by atomic mass is 32.2. The average molecular weight is 235 g/mol. The lowest BCUT2D eigenvalue weighted by molar-refractivity contribution is 0.182. The predicted octanol–water partition coefficient (Wildman–Crippen LogP) is 2.04. The molecule has 1 aliphatic heterocycles. The van der Waals surface area contributed by atoms with Gasteiger partial charge < -0.3 is 4.90 Å². The molecule has 2 amide bonds. The molecular formula is C11H13N3OS. The van der Waals surface area contributed by atoms with Crippen molar-refractivity contribution >= 4 is 22.8 Å². The Bertz CT molecular complexity index is 416. The Balaban J connectivity index is 2.16. The second kappa shape index (κ2) is 4.57. The normalized spacial score (nSPS) is 14.9. The molecule has 0 aromatic heterocycles. The van der Waals surface area contributed by atoms with E-state index in [2.05, 4.69) is 5.10 Å². The smallest absolute Gasteiger partial charge is 0.329 e. The predicted molar refractivity (Wildman–Crippen MR) is 66.4 cm³/mol. The van der Waals surface area contributed by atoms with Crippen LogP contribution in [-0.4, -0.2) is 41.0 Å². The summed E-state index contributed by atoms with van der Waals surface area (Å²) < 4.78 is 0. The van der Waals surface area contributed by atoms with Crippen molar-refractivity contribution in [2.24, 2.45) is 5.10 Å². The van der Waals surface area contributed by atoms with E-state index >= 15 is 0 Å². The van der Waals surface area contributed by atoms with Gasteiger partial charge in [-0.3, -0.25) is 0 Å². The molecule has 84 valence electrons. The molecule has 0 N–H and O–H groups in total. The minimum absolute atomic E-state index is 0.0848. The third-order valence-electron chi connectivity index (χ3n) is 2.16. The van der Waals surface area contributed by atoms with Gasteiger partial charge in [-0.1, -0.05) is 42.1 Å². The van der Waals surface area contributed by atoms with Gasteiger partial charge in [-0.15, -0.1) is 0 Å². The van der Waals surface area contributed by atoms with Crippen molar-refractivity contribution in [1.29, 1.82) is 0 Å². The van der Waals surface area contributed by atoms with Crippen LogP contribution in [0.1, 0.15) is 5.56 Å². The first-order valence-electron chi connectivity index (χ1n) is 4.94. The molecule has 0 saturated heterocycles. The quantitative estimate of drug-likeness (QED) is 0.746. The van der Waals surface area contributed by atoms with Gasteiger partial charge in [0.1, 0.15) is 5.04 Å². The fraction of sp³-hybridized carbons (Fsp3) is 0.273. The van der Waals surface area contributed by atoms with Crippen molar-refractivity contribution in [1.82, 2.24) is 9.91 Å². The summed E-state index contributed by atoms with van der Waals surface area (Å²) in [5, 5.41) is 6.68. The Hall–Kier alpha value is -1.49. The van der Waals surface area contributed by atoms with Gasteiger partial charge >= 0.3 is 6.03 Å². The van der Waals surface area contributed by atoms with E-state index < -0.39 is 0 Å². The maximum absolute atomic E-state index is 11.7. The third-order valence-corrected chi connectivity index (χ3v) is 3.12. The highest BCUT2D eigenvalue weighted by molar-refractivity contribution is 8.14. The minimum atomic E-state index is -0.0848. The van der Waals surface area contributed by atoms with Crippen molar-refractivity contribution in [2.75, 3.05) is 20.0 Å². The van der Waals surface area contributed by atoms with Crippen LogP contribution in [0.5, 0.6) is 0 Å². The Morgan fingerprint density at radius 2 is 2.06 bits per heavy atom. The van der Waals surface area contributed by atoms with Gasteiger partial charge in [0.2, 0.25) is 0 Å². The SMILES string of the molecule is CN(C)C(=O)N1CSC(c2ccccc2)=N1. The molecule has 0 atom stereocenters. The second-order valence-corrected chi connectivity index (χ2v) is 4.55. The zero-order valence-corrected chi connectivity index (χ0v) is 10.1. The fourth-order valence-corrected chi connectivity index (χ4v) is 2.21. The van der Waals surface area contributed by atoms with Crippen molar-refractivity contribution in [3.05, 3.63) is 35.9 Å². The first-order valence-corrected chi connectivity index (χ1v) is 5.92. The summed E-state index contributed by atoms with van der Waals surface area (Å²) in [6.07, 6.45) is 0. The van der Waals surface area contributed by atoms with Gasteiger partial charge in [-0.25, -0.2) is 9.80 Å². The van der Waals surface area contributed by atoms with E-state index in [9.17, 15) is 4.79 Å². The summed E-state index contributed by atoms with van der Waals surface area (Å²) in [6, 6.07) is 9.81. The van der Waals surface area contributed by atoms with E-state index in [-0.39, 0.29) is 6.03 Å². The van der Waals surface area contributed by atoms with Crippen molar-refractivity contribution < 1.29 is 4.79 Å². The molecule has 2 rings (SSSR count). The number of carbonyl (C=O) groups excluding carboxylic acids is 1. The van der Waals surface area contributed by atoms with E-state index in [1.165, 1.54) is 9.91 Å². The highest BCUT2D eigenvalue weighted by Crippen LogP contribution is 2.22. The molecular weight excluding hydrogens is 222 g/mol. The number of carbonyl (C=O) groups is 1. The summed E-state index contributed by atoms with van der Waals surface area (Å²) in [7, 11) is 3.45. The van der Waals surface area contributed by atoms with E-state index in [1.54, 1.807) is 25.9 Å². The number of benzene rings is 1. The number of nitrogens with zero attached hydrogens (tertiary/aromatic N) is 3. The Morgan fingerprint density at radius 3 is 2.69 bits per heavy atom. The summed E-state index contributed by atoms with van der Waals surface area (Å²) >= 11 is 1.58. The molecule has 0 spiro atoms. The van der Waals surface area contributed by atoms with Crippen molar-refractivity contribution in [3.63, 3.8) is 0 Å². The first kappa shape index (κ1) is 11.0. The lowest BCUT2D eigenvalue weighted by Crippen LogP contribution is -2.33. The second-order valence-electron chi connectivity index (χ2n) is 3.62. The zero-order valence-electron chi connectivity index (χ0n) is 9.25. The third kappa shape index (κ3) is 2.19. The topological polar surface area (TPSA) is 35.9 Å². The van der Waals surface area contributed by atoms with E-state index in [0.29, 0.717) is 5.88 Å². The molecule has 5 heteroatoms. The van der Waals surface area contributed by atoms with Crippen LogP contribution in [-0.2, 0) is 0 Å². The van der Waals surface area contributed by atoms with Crippen LogP contribution in [0, 0.1) is 0 Å². The van der Waals surface area contributed by atoms with Gasteiger partial charge in [-0.2, -0.15) is 5.10 Å². The van der Waals surface area contributed by atoms with Gasteiger partial charge in [-0.05, 0) is 0 Å². The lowest BCUT2D eigenvalue weighted by Gasteiger charge is -2.16. The Labute approximate surface area is 98.9 Å². The average Bonchev–Trinajstić information content (AvgIpc) is 2.78. The van der Waals surface area contributed by atoms with Gasteiger partial charge in [0.25, 0.3) is 0 Å². The molecule has 0 bridgehead atoms. The maximum Gasteiger partial charge on any atom is 0.340 e. The minimum Gasteiger partial charge on any atom is -0.329 e. The number of hydrogen-bond donors (Lipinski definition) is 0. The summed E-state index contributed by atoms with van der Waals surface area (Å²) in [5.74, 6) is 0.585. The highest BCUT2D eigenvalue weighted by Gasteiger charge is 2.22. The number of hydrogen-bond acceptors (Lipinski definition) is 3. The molecule has 0 fully saturated rings. The number of thioether (sulfide) groups is 1. The number of urea groups is 1. The summed E-state index contributed by atoms with van der Waals surface area (Å²) in [5.41, 5.74) is 1.06. The molecule has 1 aromatic rings. The van der Waals surface area contributed by atoms with Crippen LogP contribution in [0.2, 0.25) is 0 Å². The van der Waals surface area contributed by atoms with Crippen LogP contribution >= 0.6 is 11.8 Å². The van der Waals surface area contributed by atoms with E-state index in [0.717, 1.165) is 10.6 Å². The van der Waals surface area contributed by atoms with Gasteiger partial charge in [0.05, 0.1) is 5.88 Å². The van der Waals surface area contributed by atoms with Gasteiger partial charge in [0.15, 0.2) is 0 Å². The van der Waals surface area contributed by atoms with Crippen LogP contribution in [0.15, 0.2) is 35.4 Å². The van der Waals surface area contributed by atoms with E-state index in [1.807, 2.05) is 30.3 Å². The standard InChI is InChI=1S/C11H13N3OS/c1-13(2)11(15)14-8-16-10(12-14)9-6-4-3-5-7-9/h3-7H,8H2,1-2H3. The number of amides is 2.